The van der Waals surface area contributed by atoms with Crippen LogP contribution in [-0.2, 0) is 9.59 Å². The van der Waals surface area contributed by atoms with Gasteiger partial charge in [0.2, 0.25) is 0 Å². The number of nitrogens with one attached hydrogen (secondary N) is 2. The van der Waals surface area contributed by atoms with Crippen LogP contribution in [0.2, 0.25) is 0 Å². The van der Waals surface area contributed by atoms with Crippen LogP contribution < -0.4 is 10.9 Å². The van der Waals surface area contributed by atoms with Crippen LogP contribution in [0.15, 0.2) is 105 Å². The number of thioether (sulfide) groups is 2. The highest BCUT2D eigenvalue weighted by molar-refractivity contribution is 8.00. The molecule has 0 aromatic heterocycles. The number of carbonyl (C=O) groups is 2. The molecule has 2 atom stereocenters. The van der Waals surface area contributed by atoms with Crippen LogP contribution in [-0.4, -0.2) is 34.7 Å². The largest absolute Gasteiger partial charge is 0.272 e. The fourth-order valence-electron chi connectivity index (χ4n) is 2.70. The van der Waals surface area contributed by atoms with Crippen molar-refractivity contribution in [3.63, 3.8) is 0 Å². The van der Waals surface area contributed by atoms with E-state index in [9.17, 15) is 9.59 Å². The number of hydrogen-bond donors (Lipinski definition) is 2. The molecule has 3 rings (SSSR count). The van der Waals surface area contributed by atoms with E-state index in [4.69, 9.17) is 0 Å². The predicted octanol–water partition coefficient (Wildman–Crippen LogP) is 4.95. The fourth-order valence-corrected chi connectivity index (χ4v) is 4.47. The average Bonchev–Trinajstić information content (AvgIpc) is 2.86. The summed E-state index contributed by atoms with van der Waals surface area (Å²) < 4.78 is 0. The molecule has 0 unspecified atom stereocenters. The van der Waals surface area contributed by atoms with Gasteiger partial charge in [0.15, 0.2) is 0 Å². The van der Waals surface area contributed by atoms with E-state index in [0.717, 1.165) is 20.9 Å². The first-order valence-electron chi connectivity index (χ1n) is 10.7. The van der Waals surface area contributed by atoms with Gasteiger partial charge in [0.1, 0.15) is 0 Å². The summed E-state index contributed by atoms with van der Waals surface area (Å²) in [6.07, 6.45) is 3.17. The van der Waals surface area contributed by atoms with E-state index >= 15 is 0 Å². The Hall–Kier alpha value is -3.36. The third kappa shape index (κ3) is 8.53. The van der Waals surface area contributed by atoms with Crippen LogP contribution in [0.25, 0.3) is 0 Å². The molecule has 3 aromatic carbocycles. The molecule has 0 aliphatic rings. The topological polar surface area (TPSA) is 82.9 Å². The van der Waals surface area contributed by atoms with Crippen molar-refractivity contribution in [2.45, 2.75) is 34.1 Å². The number of hydrogen-bond acceptors (Lipinski definition) is 6. The quantitative estimate of drug-likeness (QED) is 0.239. The molecule has 0 aliphatic heterocycles. The number of nitrogens with zero attached hydrogens (tertiary/aromatic N) is 2. The predicted molar refractivity (Wildman–Crippen MR) is 141 cm³/mol. The van der Waals surface area contributed by atoms with Crippen molar-refractivity contribution in [3.05, 3.63) is 96.1 Å². The van der Waals surface area contributed by atoms with Crippen molar-refractivity contribution in [3.8, 4) is 0 Å². The number of amides is 2. The molecule has 34 heavy (non-hydrogen) atoms. The normalized spacial score (nSPS) is 13.0. The molecule has 0 heterocycles. The van der Waals surface area contributed by atoms with Gasteiger partial charge in [0, 0.05) is 9.79 Å². The molecule has 0 saturated carbocycles. The standard InChI is InChI=1S/C26H26N4O2S2/c1-19(33-23-9-5-3-6-10-23)25(31)29-27-17-21-13-15-22(16-14-21)18-28-30-26(32)20(2)34-24-11-7-4-8-12-24/h3-20H,1-2H3,(H,29,31)(H,30,32)/b27-17-,28-18-/t19-,20+. The summed E-state index contributed by atoms with van der Waals surface area (Å²) >= 11 is 2.96. The first kappa shape index (κ1) is 25.3. The van der Waals surface area contributed by atoms with Crippen LogP contribution >= 0.6 is 23.5 Å². The van der Waals surface area contributed by atoms with Crippen molar-refractivity contribution in [2.75, 3.05) is 0 Å². The molecule has 0 spiro atoms. The Labute approximate surface area is 208 Å². The van der Waals surface area contributed by atoms with Gasteiger partial charge in [-0.1, -0.05) is 60.7 Å². The van der Waals surface area contributed by atoms with Crippen molar-refractivity contribution in [1.82, 2.24) is 10.9 Å². The minimum Gasteiger partial charge on any atom is -0.272 e. The molecule has 0 fully saturated rings. The lowest BCUT2D eigenvalue weighted by Crippen LogP contribution is -2.26. The Morgan fingerprint density at radius 3 is 1.35 bits per heavy atom. The number of benzene rings is 3. The second kappa shape index (κ2) is 13.4. The molecule has 0 radical (unpaired) electrons. The molecule has 0 aliphatic carbocycles. The first-order valence-corrected chi connectivity index (χ1v) is 12.5. The van der Waals surface area contributed by atoms with Gasteiger partial charge < -0.3 is 0 Å². The van der Waals surface area contributed by atoms with Crippen LogP contribution in [0.4, 0.5) is 0 Å². The average molecular weight is 491 g/mol. The summed E-state index contributed by atoms with van der Waals surface area (Å²) in [5, 5.41) is 7.56. The molecule has 174 valence electrons. The number of carbonyl (C=O) groups excluding carboxylic acids is 2. The molecular formula is C26H26N4O2S2. The highest BCUT2D eigenvalue weighted by Gasteiger charge is 2.14. The minimum absolute atomic E-state index is 0.163. The Kier molecular flexibility index (Phi) is 9.94. The van der Waals surface area contributed by atoms with Gasteiger partial charge in [0.25, 0.3) is 11.8 Å². The second-order valence-electron chi connectivity index (χ2n) is 7.28. The van der Waals surface area contributed by atoms with E-state index in [1.807, 2.05) is 98.8 Å². The van der Waals surface area contributed by atoms with Crippen molar-refractivity contribution in [2.24, 2.45) is 10.2 Å². The summed E-state index contributed by atoms with van der Waals surface area (Å²) in [4.78, 5) is 26.5. The molecule has 6 nitrogen and oxygen atoms in total. The SMILES string of the molecule is C[C@H](Sc1ccccc1)C(=O)N/N=C\c1ccc(/C=N\NC(=O)[C@@H](C)Sc2ccccc2)cc1. The minimum atomic E-state index is -0.262. The van der Waals surface area contributed by atoms with Crippen LogP contribution in [0.5, 0.6) is 0 Å². The Morgan fingerprint density at radius 2 is 1.00 bits per heavy atom. The summed E-state index contributed by atoms with van der Waals surface area (Å²) in [5.41, 5.74) is 6.81. The van der Waals surface area contributed by atoms with E-state index in [1.54, 1.807) is 12.4 Å². The van der Waals surface area contributed by atoms with Gasteiger partial charge in [-0.2, -0.15) is 10.2 Å². The van der Waals surface area contributed by atoms with Crippen LogP contribution in [0.1, 0.15) is 25.0 Å². The van der Waals surface area contributed by atoms with Crippen molar-refractivity contribution < 1.29 is 9.59 Å². The van der Waals surface area contributed by atoms with E-state index in [2.05, 4.69) is 21.1 Å². The third-order valence-corrected chi connectivity index (χ3v) is 6.79. The molecule has 0 bridgehead atoms. The Morgan fingerprint density at radius 1 is 0.647 bits per heavy atom. The fraction of sp³-hybridized carbons (Fsp3) is 0.154. The summed E-state index contributed by atoms with van der Waals surface area (Å²) in [5.74, 6) is -0.325. The summed E-state index contributed by atoms with van der Waals surface area (Å²) in [7, 11) is 0. The molecule has 0 saturated heterocycles. The molecule has 2 amide bonds. The van der Waals surface area contributed by atoms with E-state index in [0.29, 0.717) is 0 Å². The van der Waals surface area contributed by atoms with E-state index in [1.165, 1.54) is 23.5 Å². The Balaban J connectivity index is 1.42. The maximum atomic E-state index is 12.2. The van der Waals surface area contributed by atoms with Gasteiger partial charge in [-0.15, -0.1) is 23.5 Å². The lowest BCUT2D eigenvalue weighted by molar-refractivity contribution is -0.121. The van der Waals surface area contributed by atoms with E-state index in [-0.39, 0.29) is 22.3 Å². The summed E-state index contributed by atoms with van der Waals surface area (Å²) in [6, 6.07) is 27.0. The van der Waals surface area contributed by atoms with Gasteiger partial charge in [0.05, 0.1) is 22.9 Å². The molecule has 8 heteroatoms. The number of hydrazone groups is 2. The lowest BCUT2D eigenvalue weighted by atomic mass is 10.2. The maximum Gasteiger partial charge on any atom is 0.253 e. The van der Waals surface area contributed by atoms with Crippen molar-refractivity contribution in [1.29, 1.82) is 0 Å². The van der Waals surface area contributed by atoms with Crippen molar-refractivity contribution >= 4 is 47.8 Å². The van der Waals surface area contributed by atoms with Gasteiger partial charge in [-0.05, 0) is 49.2 Å². The first-order chi connectivity index (χ1) is 16.5. The molecule has 3 aromatic rings. The Bertz CT molecular complexity index is 1030. The zero-order valence-electron chi connectivity index (χ0n) is 18.9. The molecular weight excluding hydrogens is 464 g/mol. The lowest BCUT2D eigenvalue weighted by Gasteiger charge is -2.09. The number of rotatable bonds is 10. The zero-order chi connectivity index (χ0) is 24.2. The van der Waals surface area contributed by atoms with Gasteiger partial charge in [-0.25, -0.2) is 10.9 Å². The van der Waals surface area contributed by atoms with Crippen LogP contribution in [0.3, 0.4) is 0 Å². The van der Waals surface area contributed by atoms with Gasteiger partial charge >= 0.3 is 0 Å². The highest BCUT2D eigenvalue weighted by atomic mass is 32.2. The summed E-state index contributed by atoms with van der Waals surface area (Å²) in [6.45, 7) is 3.69. The maximum absolute atomic E-state index is 12.2. The van der Waals surface area contributed by atoms with Gasteiger partial charge in [-0.3, -0.25) is 9.59 Å². The smallest absolute Gasteiger partial charge is 0.253 e. The third-order valence-electron chi connectivity index (χ3n) is 4.56. The second-order valence-corrected chi connectivity index (χ2v) is 10.1. The zero-order valence-corrected chi connectivity index (χ0v) is 20.6. The van der Waals surface area contributed by atoms with E-state index < -0.39 is 0 Å². The van der Waals surface area contributed by atoms with Crippen LogP contribution in [0, 0.1) is 0 Å². The monoisotopic (exact) mass is 490 g/mol. The molecule has 2 N–H and O–H groups in total. The highest BCUT2D eigenvalue weighted by Crippen LogP contribution is 2.23.